The van der Waals surface area contributed by atoms with Crippen LogP contribution in [-0.4, -0.2) is 47.1 Å². The molecule has 2 aromatic heterocycles. The van der Waals surface area contributed by atoms with Crippen molar-refractivity contribution in [3.05, 3.63) is 36.4 Å². The number of aromatic nitrogens is 6. The molecule has 3 aromatic rings. The predicted octanol–water partition coefficient (Wildman–Crippen LogP) is 1.31. The Morgan fingerprint density at radius 1 is 1.33 bits per heavy atom. The second kappa shape index (κ2) is 6.03. The van der Waals surface area contributed by atoms with Crippen molar-refractivity contribution in [1.29, 1.82) is 0 Å². The lowest BCUT2D eigenvalue weighted by Crippen LogP contribution is -2.32. The molecule has 3 heterocycles. The Balaban J connectivity index is 1.55. The van der Waals surface area contributed by atoms with Crippen LogP contribution in [0.25, 0.3) is 11.0 Å². The quantitative estimate of drug-likeness (QED) is 0.722. The molecule has 4 rings (SSSR count). The van der Waals surface area contributed by atoms with E-state index >= 15 is 0 Å². The van der Waals surface area contributed by atoms with E-state index in [1.54, 1.807) is 4.68 Å². The third-order valence-corrected chi connectivity index (χ3v) is 4.64. The maximum Gasteiger partial charge on any atom is 0.225 e. The van der Waals surface area contributed by atoms with Gasteiger partial charge in [-0.15, -0.1) is 5.10 Å². The third kappa shape index (κ3) is 2.53. The number of carbonyl (C=O) groups is 1. The molecule has 1 aliphatic rings. The average Bonchev–Trinajstić information content (AvgIpc) is 3.33. The second-order valence-electron chi connectivity index (χ2n) is 6.09. The maximum atomic E-state index is 12.7. The van der Waals surface area contributed by atoms with Crippen molar-refractivity contribution >= 4 is 16.9 Å². The first-order valence-electron chi connectivity index (χ1n) is 8.15. The first-order chi connectivity index (χ1) is 11.7. The van der Waals surface area contributed by atoms with Crippen molar-refractivity contribution in [3.63, 3.8) is 0 Å². The Kier molecular flexibility index (Phi) is 3.72. The minimum Gasteiger partial charge on any atom is -0.332 e. The molecule has 24 heavy (non-hydrogen) atoms. The number of likely N-dealkylation sites (tertiary alicyclic amines) is 1. The van der Waals surface area contributed by atoms with Gasteiger partial charge in [0.25, 0.3) is 0 Å². The van der Waals surface area contributed by atoms with Crippen molar-refractivity contribution in [2.24, 2.45) is 7.05 Å². The van der Waals surface area contributed by atoms with Gasteiger partial charge in [-0.25, -0.2) is 9.67 Å². The first kappa shape index (κ1) is 14.8. The number of rotatable bonds is 4. The van der Waals surface area contributed by atoms with Crippen LogP contribution in [-0.2, 0) is 18.4 Å². The van der Waals surface area contributed by atoms with E-state index in [0.717, 1.165) is 36.2 Å². The maximum absolute atomic E-state index is 12.7. The van der Waals surface area contributed by atoms with Crippen molar-refractivity contribution in [1.82, 2.24) is 34.7 Å². The molecule has 8 nitrogen and oxygen atoms in total. The number of para-hydroxylation sites is 2. The molecule has 124 valence electrons. The fourth-order valence-electron chi connectivity index (χ4n) is 3.43. The number of imidazole rings is 1. The molecule has 1 fully saturated rings. The summed E-state index contributed by atoms with van der Waals surface area (Å²) >= 11 is 0. The minimum atomic E-state index is 0.0452. The highest BCUT2D eigenvalue weighted by Crippen LogP contribution is 2.33. The minimum absolute atomic E-state index is 0.0452. The molecule has 0 bridgehead atoms. The first-order valence-corrected chi connectivity index (χ1v) is 8.15. The lowest BCUT2D eigenvalue weighted by Gasteiger charge is -2.24. The zero-order chi connectivity index (χ0) is 16.5. The largest absolute Gasteiger partial charge is 0.332 e. The van der Waals surface area contributed by atoms with Crippen molar-refractivity contribution in [2.75, 3.05) is 6.54 Å². The fraction of sp³-hybridized carbons (Fsp3) is 0.438. The molecule has 8 heteroatoms. The number of fused-ring (bicyclic) bond motifs is 1. The molecule has 1 amide bonds. The topological polar surface area (TPSA) is 81.7 Å². The lowest BCUT2D eigenvalue weighted by molar-refractivity contribution is -0.132. The van der Waals surface area contributed by atoms with E-state index in [9.17, 15) is 4.79 Å². The molecule has 0 unspecified atom stereocenters. The van der Waals surface area contributed by atoms with Crippen molar-refractivity contribution < 1.29 is 4.79 Å². The number of tetrazole rings is 1. The van der Waals surface area contributed by atoms with Crippen LogP contribution in [0.3, 0.4) is 0 Å². The number of aryl methyl sites for hydroxylation is 2. The number of hydrogen-bond acceptors (Lipinski definition) is 5. The summed E-state index contributed by atoms with van der Waals surface area (Å²) in [7, 11) is 2.02. The molecule has 0 aliphatic carbocycles. The van der Waals surface area contributed by atoms with Crippen LogP contribution in [0.1, 0.15) is 31.1 Å². The summed E-state index contributed by atoms with van der Waals surface area (Å²) < 4.78 is 3.69. The molecule has 0 N–H and O–H groups in total. The predicted molar refractivity (Wildman–Crippen MR) is 86.8 cm³/mol. The van der Waals surface area contributed by atoms with Crippen LogP contribution < -0.4 is 0 Å². The second-order valence-corrected chi connectivity index (χ2v) is 6.09. The summed E-state index contributed by atoms with van der Waals surface area (Å²) in [5, 5.41) is 11.0. The highest BCUT2D eigenvalue weighted by atomic mass is 16.2. The molecule has 1 aromatic carbocycles. The monoisotopic (exact) mass is 325 g/mol. The average molecular weight is 325 g/mol. The molecular formula is C16H19N7O. The molecule has 0 saturated carbocycles. The summed E-state index contributed by atoms with van der Waals surface area (Å²) in [6.45, 7) is 1.28. The number of hydrogen-bond donors (Lipinski definition) is 0. The van der Waals surface area contributed by atoms with Crippen LogP contribution in [0.15, 0.2) is 30.6 Å². The van der Waals surface area contributed by atoms with Gasteiger partial charge in [0.05, 0.1) is 23.6 Å². The zero-order valence-electron chi connectivity index (χ0n) is 13.5. The molecule has 0 radical (unpaired) electrons. The molecule has 1 atom stereocenters. The van der Waals surface area contributed by atoms with E-state index < -0.39 is 0 Å². The summed E-state index contributed by atoms with van der Waals surface area (Å²) in [4.78, 5) is 19.4. The van der Waals surface area contributed by atoms with Crippen LogP contribution >= 0.6 is 0 Å². The SMILES string of the molecule is Cn1c([C@H]2CCCN2C(=O)CCn2cnnn2)nc2ccccc21. The zero-order valence-corrected chi connectivity index (χ0v) is 13.5. The van der Waals surface area contributed by atoms with E-state index in [1.165, 1.54) is 6.33 Å². The number of nitrogens with zero attached hydrogens (tertiary/aromatic N) is 7. The highest BCUT2D eigenvalue weighted by molar-refractivity contribution is 5.78. The van der Waals surface area contributed by atoms with Crippen molar-refractivity contribution in [3.8, 4) is 0 Å². The van der Waals surface area contributed by atoms with Gasteiger partial charge in [-0.2, -0.15) is 0 Å². The number of benzene rings is 1. The fourth-order valence-corrected chi connectivity index (χ4v) is 3.43. The van der Waals surface area contributed by atoms with Crippen LogP contribution in [0, 0.1) is 0 Å². The Morgan fingerprint density at radius 3 is 3.00 bits per heavy atom. The Labute approximate surface area is 139 Å². The van der Waals surface area contributed by atoms with Gasteiger partial charge in [-0.1, -0.05) is 12.1 Å². The van der Waals surface area contributed by atoms with E-state index in [0.29, 0.717) is 13.0 Å². The summed E-state index contributed by atoms with van der Waals surface area (Å²) in [6, 6.07) is 8.12. The van der Waals surface area contributed by atoms with Crippen LogP contribution in [0.5, 0.6) is 0 Å². The number of amides is 1. The van der Waals surface area contributed by atoms with E-state index in [1.807, 2.05) is 30.1 Å². The van der Waals surface area contributed by atoms with Gasteiger partial charge < -0.3 is 9.47 Å². The smallest absolute Gasteiger partial charge is 0.225 e. The van der Waals surface area contributed by atoms with Gasteiger partial charge in [-0.3, -0.25) is 4.79 Å². The third-order valence-electron chi connectivity index (χ3n) is 4.64. The van der Waals surface area contributed by atoms with Gasteiger partial charge in [0.15, 0.2) is 0 Å². The Bertz CT molecular complexity index is 855. The highest BCUT2D eigenvalue weighted by Gasteiger charge is 2.32. The summed E-state index contributed by atoms with van der Waals surface area (Å²) in [5.41, 5.74) is 2.07. The molecule has 0 spiro atoms. The molecule has 1 aliphatic heterocycles. The van der Waals surface area contributed by atoms with E-state index in [-0.39, 0.29) is 11.9 Å². The van der Waals surface area contributed by atoms with Gasteiger partial charge in [0, 0.05) is 20.0 Å². The molecule has 1 saturated heterocycles. The van der Waals surface area contributed by atoms with Gasteiger partial charge in [0.2, 0.25) is 5.91 Å². The van der Waals surface area contributed by atoms with Gasteiger partial charge in [0.1, 0.15) is 12.2 Å². The summed E-state index contributed by atoms with van der Waals surface area (Å²) in [5.74, 6) is 1.09. The summed E-state index contributed by atoms with van der Waals surface area (Å²) in [6.07, 6.45) is 3.88. The van der Waals surface area contributed by atoms with Gasteiger partial charge >= 0.3 is 0 Å². The van der Waals surface area contributed by atoms with Gasteiger partial charge in [-0.05, 0) is 35.4 Å². The van der Waals surface area contributed by atoms with Crippen LogP contribution in [0.2, 0.25) is 0 Å². The van der Waals surface area contributed by atoms with E-state index in [4.69, 9.17) is 4.98 Å². The Hall–Kier alpha value is -2.77. The number of carbonyl (C=O) groups excluding carboxylic acids is 1. The van der Waals surface area contributed by atoms with Crippen molar-refractivity contribution in [2.45, 2.75) is 31.8 Å². The van der Waals surface area contributed by atoms with E-state index in [2.05, 4.69) is 26.2 Å². The normalized spacial score (nSPS) is 17.7. The standard InChI is InChI=1S/C16H19N7O/c1-21-13-6-3-2-5-12(13)18-16(21)14-7-4-9-23(14)15(24)8-10-22-11-17-19-20-22/h2-3,5-6,11,14H,4,7-10H2,1H3/t14-/m1/s1. The molecular weight excluding hydrogens is 306 g/mol. The lowest BCUT2D eigenvalue weighted by atomic mass is 10.2. The van der Waals surface area contributed by atoms with Crippen LogP contribution in [0.4, 0.5) is 0 Å². The Morgan fingerprint density at radius 2 is 2.21 bits per heavy atom.